The lowest BCUT2D eigenvalue weighted by molar-refractivity contribution is 0.288. The number of thiazole rings is 1. The Bertz CT molecular complexity index is 362. The van der Waals surface area contributed by atoms with E-state index in [1.807, 2.05) is 11.3 Å². The van der Waals surface area contributed by atoms with Crippen molar-refractivity contribution in [1.29, 1.82) is 0 Å². The highest BCUT2D eigenvalue weighted by Crippen LogP contribution is 2.32. The first kappa shape index (κ1) is 15.6. The molecule has 0 radical (unpaired) electrons. The number of hydrogen-bond acceptors (Lipinski definition) is 3. The van der Waals surface area contributed by atoms with Crippen LogP contribution in [0.25, 0.3) is 0 Å². The molecule has 0 aliphatic carbocycles. The van der Waals surface area contributed by atoms with Gasteiger partial charge in [-0.25, -0.2) is 4.98 Å². The average Bonchev–Trinajstić information content (AvgIpc) is 2.56. The van der Waals surface area contributed by atoms with E-state index in [4.69, 9.17) is 4.98 Å². The summed E-state index contributed by atoms with van der Waals surface area (Å²) in [5.41, 5.74) is 1.19. The number of nitrogens with one attached hydrogen (secondary N) is 1. The zero-order chi connectivity index (χ0) is 13.9. The number of aryl methyl sites for hydroxylation is 2. The number of hydrogen-bond donors (Lipinski definition) is 1. The molecule has 3 heteroatoms. The summed E-state index contributed by atoms with van der Waals surface area (Å²) >= 11 is 1.84. The molecule has 0 aliphatic rings. The van der Waals surface area contributed by atoms with E-state index in [-0.39, 0.29) is 5.54 Å². The zero-order valence-corrected chi connectivity index (χ0v) is 13.7. The molecule has 0 aliphatic heterocycles. The van der Waals surface area contributed by atoms with E-state index in [1.54, 1.807) is 0 Å². The molecule has 0 saturated carbocycles. The smallest absolute Gasteiger partial charge is 0.113 e. The van der Waals surface area contributed by atoms with Crippen molar-refractivity contribution in [2.45, 2.75) is 72.9 Å². The maximum Gasteiger partial charge on any atom is 0.113 e. The average molecular weight is 268 g/mol. The lowest BCUT2D eigenvalue weighted by Gasteiger charge is -2.32. The third-order valence-corrected chi connectivity index (χ3v) is 4.67. The van der Waals surface area contributed by atoms with Gasteiger partial charge in [0, 0.05) is 10.9 Å². The van der Waals surface area contributed by atoms with E-state index < -0.39 is 0 Å². The van der Waals surface area contributed by atoms with Crippen LogP contribution < -0.4 is 5.32 Å². The summed E-state index contributed by atoms with van der Waals surface area (Å²) in [6.07, 6.45) is 2.38. The second kappa shape index (κ2) is 6.16. The third-order valence-electron chi connectivity index (χ3n) is 3.33. The molecule has 2 nitrogen and oxygen atoms in total. The van der Waals surface area contributed by atoms with Crippen LogP contribution >= 0.6 is 11.3 Å². The van der Waals surface area contributed by atoms with Gasteiger partial charge in [-0.15, -0.1) is 11.3 Å². The number of aromatic nitrogens is 1. The van der Waals surface area contributed by atoms with Gasteiger partial charge in [-0.05, 0) is 53.4 Å². The van der Waals surface area contributed by atoms with Crippen LogP contribution in [0.15, 0.2) is 0 Å². The molecule has 1 aromatic heterocycles. The van der Waals surface area contributed by atoms with Gasteiger partial charge in [-0.1, -0.05) is 13.8 Å². The van der Waals surface area contributed by atoms with Crippen molar-refractivity contribution in [3.8, 4) is 0 Å². The van der Waals surface area contributed by atoms with Gasteiger partial charge in [0.15, 0.2) is 0 Å². The quantitative estimate of drug-likeness (QED) is 0.826. The van der Waals surface area contributed by atoms with Gasteiger partial charge in [0.2, 0.25) is 0 Å². The molecule has 0 aromatic carbocycles. The predicted molar refractivity (Wildman–Crippen MR) is 81.3 cm³/mol. The summed E-state index contributed by atoms with van der Waals surface area (Å²) < 4.78 is 0. The molecule has 0 spiro atoms. The minimum Gasteiger partial charge on any atom is -0.303 e. The van der Waals surface area contributed by atoms with Crippen LogP contribution in [-0.4, -0.2) is 11.0 Å². The second-order valence-corrected chi connectivity index (χ2v) is 7.43. The Morgan fingerprint density at radius 1 is 1.22 bits per heavy atom. The fourth-order valence-electron chi connectivity index (χ4n) is 2.16. The molecule has 1 N–H and O–H groups in total. The molecule has 0 saturated heterocycles. The minimum atomic E-state index is 0.0160. The lowest BCUT2D eigenvalue weighted by Crippen LogP contribution is -2.43. The van der Waals surface area contributed by atoms with Gasteiger partial charge in [0.05, 0.1) is 11.2 Å². The van der Waals surface area contributed by atoms with Crippen LogP contribution in [0.4, 0.5) is 0 Å². The number of rotatable bonds is 6. The van der Waals surface area contributed by atoms with E-state index in [0.717, 1.165) is 12.3 Å². The first-order chi connectivity index (χ1) is 8.24. The summed E-state index contributed by atoms with van der Waals surface area (Å²) in [7, 11) is 0. The monoisotopic (exact) mass is 268 g/mol. The van der Waals surface area contributed by atoms with Crippen molar-refractivity contribution in [2.75, 3.05) is 0 Å². The Hall–Kier alpha value is -0.410. The lowest BCUT2D eigenvalue weighted by atomic mass is 9.91. The van der Waals surface area contributed by atoms with Crippen LogP contribution in [0.5, 0.6) is 0 Å². The molecular weight excluding hydrogens is 240 g/mol. The topological polar surface area (TPSA) is 24.9 Å². The molecule has 0 fully saturated rings. The Labute approximate surface area is 116 Å². The van der Waals surface area contributed by atoms with Crippen molar-refractivity contribution in [1.82, 2.24) is 10.3 Å². The normalized spacial score (nSPS) is 15.4. The highest BCUT2D eigenvalue weighted by Gasteiger charge is 2.30. The molecule has 1 rings (SSSR count). The SMILES string of the molecule is Cc1nc(C(C)(CCC(C)C)NC(C)C)sc1C. The fraction of sp³-hybridized carbons (Fsp3) is 0.800. The molecule has 1 atom stereocenters. The number of nitrogens with zero attached hydrogens (tertiary/aromatic N) is 1. The Kier molecular flexibility index (Phi) is 5.35. The van der Waals surface area contributed by atoms with Gasteiger partial charge in [-0.3, -0.25) is 0 Å². The van der Waals surface area contributed by atoms with Crippen molar-refractivity contribution in [2.24, 2.45) is 5.92 Å². The summed E-state index contributed by atoms with van der Waals surface area (Å²) in [6, 6.07) is 0.478. The molecular formula is C15H28N2S. The van der Waals surface area contributed by atoms with E-state index in [9.17, 15) is 0 Å². The Morgan fingerprint density at radius 3 is 2.22 bits per heavy atom. The van der Waals surface area contributed by atoms with E-state index >= 15 is 0 Å². The van der Waals surface area contributed by atoms with Crippen LogP contribution in [0.2, 0.25) is 0 Å². The van der Waals surface area contributed by atoms with Gasteiger partial charge < -0.3 is 5.32 Å². The van der Waals surface area contributed by atoms with E-state index in [0.29, 0.717) is 6.04 Å². The summed E-state index contributed by atoms with van der Waals surface area (Å²) in [5.74, 6) is 0.737. The van der Waals surface area contributed by atoms with Gasteiger partial charge >= 0.3 is 0 Å². The van der Waals surface area contributed by atoms with Gasteiger partial charge in [0.1, 0.15) is 5.01 Å². The third kappa shape index (κ3) is 4.06. The highest BCUT2D eigenvalue weighted by atomic mass is 32.1. The predicted octanol–water partition coefficient (Wildman–Crippen LogP) is 4.41. The maximum absolute atomic E-state index is 4.77. The van der Waals surface area contributed by atoms with Crippen molar-refractivity contribution < 1.29 is 0 Å². The van der Waals surface area contributed by atoms with Crippen LogP contribution in [-0.2, 0) is 5.54 Å². The van der Waals surface area contributed by atoms with Crippen molar-refractivity contribution in [3.63, 3.8) is 0 Å². The van der Waals surface area contributed by atoms with E-state index in [1.165, 1.54) is 22.0 Å². The Morgan fingerprint density at radius 2 is 1.83 bits per heavy atom. The minimum absolute atomic E-state index is 0.0160. The zero-order valence-electron chi connectivity index (χ0n) is 12.9. The summed E-state index contributed by atoms with van der Waals surface area (Å²) in [5, 5.41) is 4.96. The van der Waals surface area contributed by atoms with Crippen LogP contribution in [0, 0.1) is 19.8 Å². The largest absolute Gasteiger partial charge is 0.303 e. The molecule has 1 heterocycles. The molecule has 1 aromatic rings. The fourth-order valence-corrected chi connectivity index (χ4v) is 3.22. The summed E-state index contributed by atoms with van der Waals surface area (Å²) in [4.78, 5) is 6.11. The molecule has 1 unspecified atom stereocenters. The van der Waals surface area contributed by atoms with E-state index in [2.05, 4.69) is 53.8 Å². The van der Waals surface area contributed by atoms with Crippen molar-refractivity contribution in [3.05, 3.63) is 15.6 Å². The maximum atomic E-state index is 4.77. The second-order valence-electron chi connectivity index (χ2n) is 6.22. The molecule has 104 valence electrons. The molecule has 0 amide bonds. The molecule has 0 bridgehead atoms. The van der Waals surface area contributed by atoms with Gasteiger partial charge in [0.25, 0.3) is 0 Å². The first-order valence-electron chi connectivity index (χ1n) is 6.97. The van der Waals surface area contributed by atoms with Gasteiger partial charge in [-0.2, -0.15) is 0 Å². The Balaban J connectivity index is 2.95. The standard InChI is InChI=1S/C15H28N2S/c1-10(2)8-9-15(7,17-11(3)4)14-16-12(5)13(6)18-14/h10-11,17H,8-9H2,1-7H3. The highest BCUT2D eigenvalue weighted by molar-refractivity contribution is 7.11. The van der Waals surface area contributed by atoms with Crippen LogP contribution in [0.1, 0.15) is 63.0 Å². The van der Waals surface area contributed by atoms with Crippen molar-refractivity contribution >= 4 is 11.3 Å². The van der Waals surface area contributed by atoms with Crippen LogP contribution in [0.3, 0.4) is 0 Å². The summed E-state index contributed by atoms with van der Waals surface area (Å²) in [6.45, 7) is 15.6. The molecule has 18 heavy (non-hydrogen) atoms. The first-order valence-corrected chi connectivity index (χ1v) is 7.78.